The lowest BCUT2D eigenvalue weighted by Crippen LogP contribution is -2.43. The third-order valence-electron chi connectivity index (χ3n) is 3.09. The molecule has 0 bridgehead atoms. The fourth-order valence-corrected chi connectivity index (χ4v) is 2.18. The van der Waals surface area contributed by atoms with Crippen LogP contribution in [0, 0.1) is 0 Å². The van der Waals surface area contributed by atoms with Gasteiger partial charge in [-0.05, 0) is 6.92 Å². The minimum absolute atomic E-state index is 0.0502. The van der Waals surface area contributed by atoms with Crippen molar-refractivity contribution >= 4 is 17.3 Å². The number of amides is 1. The van der Waals surface area contributed by atoms with E-state index in [-0.39, 0.29) is 11.9 Å². The maximum absolute atomic E-state index is 11.8. The van der Waals surface area contributed by atoms with Crippen LogP contribution in [0.1, 0.15) is 6.92 Å². The van der Waals surface area contributed by atoms with Crippen molar-refractivity contribution in [3.63, 3.8) is 0 Å². The third kappa shape index (κ3) is 1.50. The monoisotopic (exact) mass is 234 g/mol. The van der Waals surface area contributed by atoms with E-state index in [1.807, 2.05) is 19.1 Å². The van der Waals surface area contributed by atoms with E-state index >= 15 is 0 Å². The third-order valence-corrected chi connectivity index (χ3v) is 3.09. The van der Waals surface area contributed by atoms with Gasteiger partial charge in [-0.3, -0.25) is 4.79 Å². The van der Waals surface area contributed by atoms with E-state index in [0.29, 0.717) is 19.0 Å². The Bertz CT molecular complexity index is 487. The molecule has 1 atom stereocenters. The molecule has 3 rings (SSSR count). The second kappa shape index (κ2) is 3.55. The van der Waals surface area contributed by atoms with E-state index in [1.165, 1.54) is 0 Å². The summed E-state index contributed by atoms with van der Waals surface area (Å²) in [7, 11) is 1.77. The number of rotatable bonds is 0. The van der Waals surface area contributed by atoms with E-state index in [1.54, 1.807) is 11.9 Å². The van der Waals surface area contributed by atoms with E-state index < -0.39 is 0 Å². The van der Waals surface area contributed by atoms with Crippen molar-refractivity contribution < 1.29 is 14.3 Å². The van der Waals surface area contributed by atoms with Crippen molar-refractivity contribution in [1.29, 1.82) is 0 Å². The zero-order valence-corrected chi connectivity index (χ0v) is 9.82. The molecule has 0 saturated carbocycles. The van der Waals surface area contributed by atoms with Crippen molar-refractivity contribution in [3.8, 4) is 11.5 Å². The van der Waals surface area contributed by atoms with Crippen LogP contribution < -0.4 is 19.7 Å². The number of anilines is 2. The van der Waals surface area contributed by atoms with Gasteiger partial charge in [0.2, 0.25) is 5.91 Å². The summed E-state index contributed by atoms with van der Waals surface area (Å²) in [6.07, 6.45) is 0. The van der Waals surface area contributed by atoms with Gasteiger partial charge in [0.05, 0.1) is 11.4 Å². The number of carbonyl (C=O) groups is 1. The van der Waals surface area contributed by atoms with Gasteiger partial charge in [0.25, 0.3) is 0 Å². The minimum atomic E-state index is -0.213. The molecule has 1 amide bonds. The Labute approximate surface area is 99.3 Å². The first kappa shape index (κ1) is 10.3. The zero-order chi connectivity index (χ0) is 12.0. The fraction of sp³-hybridized carbons (Fsp3) is 0.417. The molecule has 0 fully saturated rings. The molecule has 0 radical (unpaired) electrons. The number of fused-ring (bicyclic) bond motifs is 2. The van der Waals surface area contributed by atoms with Crippen molar-refractivity contribution in [2.24, 2.45) is 0 Å². The maximum atomic E-state index is 11.8. The number of nitrogens with one attached hydrogen (secondary N) is 1. The quantitative estimate of drug-likeness (QED) is 0.733. The summed E-state index contributed by atoms with van der Waals surface area (Å²) in [5.41, 5.74) is 1.74. The molecule has 1 aromatic carbocycles. The fourth-order valence-electron chi connectivity index (χ4n) is 2.18. The molecule has 5 nitrogen and oxygen atoms in total. The predicted molar refractivity (Wildman–Crippen MR) is 63.9 cm³/mol. The Morgan fingerprint density at radius 1 is 1.29 bits per heavy atom. The summed E-state index contributed by atoms with van der Waals surface area (Å²) < 4.78 is 11.0. The highest BCUT2D eigenvalue weighted by molar-refractivity contribution is 6.04. The summed E-state index contributed by atoms with van der Waals surface area (Å²) in [6, 6.07) is 3.53. The molecule has 5 heteroatoms. The SMILES string of the molecule is CC1Nc2cc3c(cc2N(C)C1=O)OCCO3. The molecule has 2 aliphatic rings. The largest absolute Gasteiger partial charge is 0.486 e. The number of carbonyl (C=O) groups excluding carboxylic acids is 1. The van der Waals surface area contributed by atoms with Crippen LogP contribution in [0.15, 0.2) is 12.1 Å². The first-order chi connectivity index (χ1) is 8.16. The number of hydrogen-bond acceptors (Lipinski definition) is 4. The van der Waals surface area contributed by atoms with Gasteiger partial charge in [0, 0.05) is 19.2 Å². The van der Waals surface area contributed by atoms with Crippen LogP contribution in [0.25, 0.3) is 0 Å². The Balaban J connectivity index is 2.10. The number of hydrogen-bond donors (Lipinski definition) is 1. The van der Waals surface area contributed by atoms with E-state index in [0.717, 1.165) is 17.1 Å². The van der Waals surface area contributed by atoms with Crippen molar-refractivity contribution in [2.45, 2.75) is 13.0 Å². The minimum Gasteiger partial charge on any atom is -0.486 e. The molecule has 2 heterocycles. The Kier molecular flexibility index (Phi) is 2.14. The van der Waals surface area contributed by atoms with Gasteiger partial charge in [-0.2, -0.15) is 0 Å². The van der Waals surface area contributed by atoms with E-state index in [2.05, 4.69) is 5.32 Å². The molecule has 0 aliphatic carbocycles. The Morgan fingerprint density at radius 2 is 1.94 bits per heavy atom. The second-order valence-corrected chi connectivity index (χ2v) is 4.28. The van der Waals surface area contributed by atoms with Gasteiger partial charge < -0.3 is 19.7 Å². The van der Waals surface area contributed by atoms with Gasteiger partial charge in [0.15, 0.2) is 11.5 Å². The molecule has 90 valence electrons. The van der Waals surface area contributed by atoms with E-state index in [4.69, 9.17) is 9.47 Å². The zero-order valence-electron chi connectivity index (χ0n) is 9.82. The second-order valence-electron chi connectivity index (χ2n) is 4.28. The van der Waals surface area contributed by atoms with Crippen LogP contribution in [0.5, 0.6) is 11.5 Å². The molecule has 1 N–H and O–H groups in total. The predicted octanol–water partition coefficient (Wildman–Crippen LogP) is 1.23. The van der Waals surface area contributed by atoms with Crippen LogP contribution >= 0.6 is 0 Å². The average Bonchev–Trinajstić information content (AvgIpc) is 2.34. The molecular weight excluding hydrogens is 220 g/mol. The molecule has 0 spiro atoms. The van der Waals surface area contributed by atoms with Crippen LogP contribution in [0.2, 0.25) is 0 Å². The number of nitrogens with zero attached hydrogens (tertiary/aromatic N) is 1. The highest BCUT2D eigenvalue weighted by Crippen LogP contribution is 2.41. The van der Waals surface area contributed by atoms with Crippen molar-refractivity contribution in [3.05, 3.63) is 12.1 Å². The number of likely N-dealkylation sites (N-methyl/N-ethyl adjacent to an activating group) is 1. The van der Waals surface area contributed by atoms with Crippen molar-refractivity contribution in [2.75, 3.05) is 30.5 Å². The van der Waals surface area contributed by atoms with Gasteiger partial charge in [-0.15, -0.1) is 0 Å². The lowest BCUT2D eigenvalue weighted by molar-refractivity contribution is -0.118. The normalized spacial score (nSPS) is 21.9. The average molecular weight is 234 g/mol. The summed E-state index contributed by atoms with van der Waals surface area (Å²) in [6.45, 7) is 2.96. The number of ether oxygens (including phenoxy) is 2. The van der Waals surface area contributed by atoms with Crippen LogP contribution in [0.3, 0.4) is 0 Å². The highest BCUT2D eigenvalue weighted by atomic mass is 16.6. The van der Waals surface area contributed by atoms with E-state index in [9.17, 15) is 4.79 Å². The van der Waals surface area contributed by atoms with Gasteiger partial charge in [-0.1, -0.05) is 0 Å². The lowest BCUT2D eigenvalue weighted by atomic mass is 10.1. The van der Waals surface area contributed by atoms with Crippen LogP contribution in [-0.4, -0.2) is 32.2 Å². The Morgan fingerprint density at radius 3 is 2.65 bits per heavy atom. The molecule has 0 saturated heterocycles. The molecule has 0 aromatic heterocycles. The van der Waals surface area contributed by atoms with Crippen LogP contribution in [-0.2, 0) is 4.79 Å². The lowest BCUT2D eigenvalue weighted by Gasteiger charge is -2.32. The molecule has 1 aromatic rings. The maximum Gasteiger partial charge on any atom is 0.248 e. The molecular formula is C12H14N2O3. The summed E-state index contributed by atoms with van der Waals surface area (Å²) in [5, 5.41) is 3.16. The van der Waals surface area contributed by atoms with Gasteiger partial charge in [0.1, 0.15) is 19.3 Å². The molecule has 17 heavy (non-hydrogen) atoms. The van der Waals surface area contributed by atoms with Gasteiger partial charge >= 0.3 is 0 Å². The summed E-state index contributed by atoms with van der Waals surface area (Å²) in [5.74, 6) is 1.48. The number of benzene rings is 1. The molecule has 2 aliphatic heterocycles. The van der Waals surface area contributed by atoms with Gasteiger partial charge in [-0.25, -0.2) is 0 Å². The highest BCUT2D eigenvalue weighted by Gasteiger charge is 2.29. The smallest absolute Gasteiger partial charge is 0.248 e. The topological polar surface area (TPSA) is 50.8 Å². The molecule has 1 unspecified atom stereocenters. The van der Waals surface area contributed by atoms with Crippen molar-refractivity contribution in [1.82, 2.24) is 0 Å². The first-order valence-corrected chi connectivity index (χ1v) is 5.64. The summed E-state index contributed by atoms with van der Waals surface area (Å²) in [4.78, 5) is 13.5. The standard InChI is InChI=1S/C12H14N2O3/c1-7-12(15)14(2)9-6-11-10(5-8(9)13-7)16-3-4-17-11/h5-7,13H,3-4H2,1-2H3. The summed E-state index contributed by atoms with van der Waals surface area (Å²) >= 11 is 0. The Hall–Kier alpha value is -1.91. The first-order valence-electron chi connectivity index (χ1n) is 5.64. The van der Waals surface area contributed by atoms with Crippen LogP contribution in [0.4, 0.5) is 11.4 Å².